The van der Waals surface area contributed by atoms with Crippen molar-refractivity contribution in [3.05, 3.63) is 24.3 Å². The number of carbonyl (C=O) groups excluding carboxylic acids is 2. The van der Waals surface area contributed by atoms with Crippen molar-refractivity contribution in [1.29, 1.82) is 0 Å². The zero-order valence-corrected chi connectivity index (χ0v) is 9.51. The SMILES string of the molecule is CC(NC1CCC(=O)NC1=O)c1cnccn1. The van der Waals surface area contributed by atoms with E-state index in [1.807, 2.05) is 6.92 Å². The first kappa shape index (κ1) is 11.7. The predicted octanol–water partition coefficient (Wildman–Crippen LogP) is -0.0676. The molecule has 0 saturated carbocycles. The lowest BCUT2D eigenvalue weighted by molar-refractivity contribution is -0.134. The molecule has 0 radical (unpaired) electrons. The van der Waals surface area contributed by atoms with Gasteiger partial charge in [0, 0.05) is 31.1 Å². The van der Waals surface area contributed by atoms with E-state index in [4.69, 9.17) is 0 Å². The molecule has 17 heavy (non-hydrogen) atoms. The number of carbonyl (C=O) groups is 2. The van der Waals surface area contributed by atoms with E-state index in [0.717, 1.165) is 5.69 Å². The Labute approximate surface area is 98.8 Å². The summed E-state index contributed by atoms with van der Waals surface area (Å²) in [6.07, 6.45) is 5.76. The van der Waals surface area contributed by atoms with Crippen LogP contribution in [0.15, 0.2) is 18.6 Å². The van der Waals surface area contributed by atoms with Crippen LogP contribution in [0.4, 0.5) is 0 Å². The van der Waals surface area contributed by atoms with E-state index >= 15 is 0 Å². The highest BCUT2D eigenvalue weighted by atomic mass is 16.2. The number of hydrogen-bond donors (Lipinski definition) is 2. The van der Waals surface area contributed by atoms with Gasteiger partial charge in [0.25, 0.3) is 0 Å². The van der Waals surface area contributed by atoms with Crippen molar-refractivity contribution in [3.63, 3.8) is 0 Å². The summed E-state index contributed by atoms with van der Waals surface area (Å²) in [5.74, 6) is -0.475. The summed E-state index contributed by atoms with van der Waals surface area (Å²) in [7, 11) is 0. The second kappa shape index (κ2) is 5.01. The number of nitrogens with one attached hydrogen (secondary N) is 2. The highest BCUT2D eigenvalue weighted by molar-refractivity contribution is 6.00. The minimum Gasteiger partial charge on any atom is -0.298 e. The molecule has 2 amide bonds. The number of amides is 2. The van der Waals surface area contributed by atoms with Crippen molar-refractivity contribution in [2.45, 2.75) is 31.8 Å². The molecule has 0 aliphatic carbocycles. The van der Waals surface area contributed by atoms with Gasteiger partial charge in [-0.25, -0.2) is 0 Å². The molecule has 0 spiro atoms. The van der Waals surface area contributed by atoms with Crippen molar-refractivity contribution in [3.8, 4) is 0 Å². The smallest absolute Gasteiger partial charge is 0.243 e. The van der Waals surface area contributed by atoms with Crippen molar-refractivity contribution >= 4 is 11.8 Å². The summed E-state index contributed by atoms with van der Waals surface area (Å²) in [6.45, 7) is 1.91. The average molecular weight is 234 g/mol. The topological polar surface area (TPSA) is 84.0 Å². The number of piperidine rings is 1. The van der Waals surface area contributed by atoms with Crippen molar-refractivity contribution in [2.24, 2.45) is 0 Å². The first-order valence-electron chi connectivity index (χ1n) is 5.52. The summed E-state index contributed by atoms with van der Waals surface area (Å²) >= 11 is 0. The standard InChI is InChI=1S/C11H14N4O2/c1-7(9-6-12-4-5-13-9)14-8-2-3-10(16)15-11(8)17/h4-8,14H,2-3H2,1H3,(H,15,16,17). The third-order valence-corrected chi connectivity index (χ3v) is 2.72. The lowest BCUT2D eigenvalue weighted by Gasteiger charge is -2.25. The van der Waals surface area contributed by atoms with Gasteiger partial charge < -0.3 is 0 Å². The fourth-order valence-electron chi connectivity index (χ4n) is 1.77. The molecule has 1 fully saturated rings. The van der Waals surface area contributed by atoms with E-state index < -0.39 is 0 Å². The number of imide groups is 1. The van der Waals surface area contributed by atoms with E-state index in [-0.39, 0.29) is 23.9 Å². The maximum Gasteiger partial charge on any atom is 0.243 e. The first-order chi connectivity index (χ1) is 8.16. The Hall–Kier alpha value is -1.82. The molecule has 2 heterocycles. The van der Waals surface area contributed by atoms with Gasteiger partial charge in [-0.2, -0.15) is 0 Å². The monoisotopic (exact) mass is 234 g/mol. The molecular formula is C11H14N4O2. The molecule has 2 unspecified atom stereocenters. The number of hydrogen-bond acceptors (Lipinski definition) is 5. The van der Waals surface area contributed by atoms with Crippen LogP contribution in [0.25, 0.3) is 0 Å². The van der Waals surface area contributed by atoms with E-state index in [1.165, 1.54) is 0 Å². The molecule has 90 valence electrons. The predicted molar refractivity (Wildman–Crippen MR) is 59.8 cm³/mol. The van der Waals surface area contributed by atoms with Gasteiger partial charge in [-0.05, 0) is 13.3 Å². The Morgan fingerprint density at radius 2 is 2.29 bits per heavy atom. The Balaban J connectivity index is 1.97. The summed E-state index contributed by atoms with van der Waals surface area (Å²) in [5.41, 5.74) is 0.775. The summed E-state index contributed by atoms with van der Waals surface area (Å²) in [6, 6.07) is -0.419. The maximum absolute atomic E-state index is 11.5. The summed E-state index contributed by atoms with van der Waals surface area (Å²) in [4.78, 5) is 30.7. The molecule has 1 aromatic heterocycles. The first-order valence-corrected chi connectivity index (χ1v) is 5.52. The molecule has 6 nitrogen and oxygen atoms in total. The molecule has 2 N–H and O–H groups in total. The third-order valence-electron chi connectivity index (χ3n) is 2.72. The normalized spacial score (nSPS) is 22.1. The number of aromatic nitrogens is 2. The van der Waals surface area contributed by atoms with E-state index in [1.54, 1.807) is 18.6 Å². The molecule has 6 heteroatoms. The third kappa shape index (κ3) is 2.85. The number of nitrogens with zero attached hydrogens (tertiary/aromatic N) is 2. The molecule has 1 aromatic rings. The van der Waals surface area contributed by atoms with Crippen LogP contribution in [0.2, 0.25) is 0 Å². The minimum atomic E-state index is -0.343. The minimum absolute atomic E-state index is 0.0762. The summed E-state index contributed by atoms with van der Waals surface area (Å²) < 4.78 is 0. The van der Waals surface area contributed by atoms with Crippen LogP contribution in [0, 0.1) is 0 Å². The second-order valence-corrected chi connectivity index (χ2v) is 4.02. The molecule has 2 rings (SSSR count). The second-order valence-electron chi connectivity index (χ2n) is 4.02. The van der Waals surface area contributed by atoms with Crippen LogP contribution < -0.4 is 10.6 Å². The van der Waals surface area contributed by atoms with Gasteiger partial charge in [-0.15, -0.1) is 0 Å². The van der Waals surface area contributed by atoms with Crippen molar-refractivity contribution in [1.82, 2.24) is 20.6 Å². The van der Waals surface area contributed by atoms with Gasteiger partial charge in [0.05, 0.1) is 11.7 Å². The molecule has 2 atom stereocenters. The van der Waals surface area contributed by atoms with Gasteiger partial charge >= 0.3 is 0 Å². The molecular weight excluding hydrogens is 220 g/mol. The molecule has 1 aliphatic rings. The van der Waals surface area contributed by atoms with Crippen LogP contribution in [-0.4, -0.2) is 27.8 Å². The largest absolute Gasteiger partial charge is 0.298 e. The average Bonchev–Trinajstić information content (AvgIpc) is 2.34. The Morgan fingerprint density at radius 1 is 1.47 bits per heavy atom. The highest BCUT2D eigenvalue weighted by Gasteiger charge is 2.27. The van der Waals surface area contributed by atoms with Crippen molar-refractivity contribution in [2.75, 3.05) is 0 Å². The Morgan fingerprint density at radius 3 is 2.94 bits per heavy atom. The van der Waals surface area contributed by atoms with Gasteiger partial charge in [-0.3, -0.25) is 30.2 Å². The molecule has 1 saturated heterocycles. The van der Waals surface area contributed by atoms with Gasteiger partial charge in [-0.1, -0.05) is 0 Å². The fourth-order valence-corrected chi connectivity index (χ4v) is 1.77. The van der Waals surface area contributed by atoms with Gasteiger partial charge in [0.15, 0.2) is 0 Å². The summed E-state index contributed by atoms with van der Waals surface area (Å²) in [5, 5.41) is 5.45. The van der Waals surface area contributed by atoms with Crippen LogP contribution in [-0.2, 0) is 9.59 Å². The molecule has 0 aromatic carbocycles. The maximum atomic E-state index is 11.5. The van der Waals surface area contributed by atoms with Crippen molar-refractivity contribution < 1.29 is 9.59 Å². The highest BCUT2D eigenvalue weighted by Crippen LogP contribution is 2.12. The molecule has 0 bridgehead atoms. The van der Waals surface area contributed by atoms with E-state index in [9.17, 15) is 9.59 Å². The van der Waals surface area contributed by atoms with Crippen LogP contribution in [0.1, 0.15) is 31.5 Å². The fraction of sp³-hybridized carbons (Fsp3) is 0.455. The number of rotatable bonds is 3. The lowest BCUT2D eigenvalue weighted by Crippen LogP contribution is -2.51. The van der Waals surface area contributed by atoms with Crippen LogP contribution in [0.5, 0.6) is 0 Å². The zero-order valence-electron chi connectivity index (χ0n) is 9.51. The quantitative estimate of drug-likeness (QED) is 0.715. The Kier molecular flexibility index (Phi) is 3.43. The Bertz CT molecular complexity index is 421. The lowest BCUT2D eigenvalue weighted by atomic mass is 10.0. The van der Waals surface area contributed by atoms with E-state index in [2.05, 4.69) is 20.6 Å². The zero-order chi connectivity index (χ0) is 12.3. The van der Waals surface area contributed by atoms with Gasteiger partial charge in [0.2, 0.25) is 11.8 Å². The van der Waals surface area contributed by atoms with Gasteiger partial charge in [0.1, 0.15) is 0 Å². The van der Waals surface area contributed by atoms with Crippen LogP contribution in [0.3, 0.4) is 0 Å². The molecule has 1 aliphatic heterocycles. The van der Waals surface area contributed by atoms with E-state index in [0.29, 0.717) is 12.8 Å². The van der Waals surface area contributed by atoms with Crippen LogP contribution >= 0.6 is 0 Å².